The molecule has 9 heteroatoms. The van der Waals surface area contributed by atoms with Crippen LogP contribution in [-0.4, -0.2) is 50.2 Å². The molecular formula is C22H22Cl3N3O3. The fourth-order valence-electron chi connectivity index (χ4n) is 4.25. The largest absolute Gasteiger partial charge is 0.445 e. The first kappa shape index (κ1) is 22.2. The van der Waals surface area contributed by atoms with Crippen LogP contribution in [0, 0.1) is 0 Å². The van der Waals surface area contributed by atoms with Crippen molar-refractivity contribution in [3.8, 4) is 0 Å². The summed E-state index contributed by atoms with van der Waals surface area (Å²) in [5.74, 6) is -0.119. The van der Waals surface area contributed by atoms with Crippen molar-refractivity contribution in [2.24, 2.45) is 0 Å². The fourth-order valence-corrected chi connectivity index (χ4v) is 4.42. The number of halogens is 3. The van der Waals surface area contributed by atoms with Gasteiger partial charge in [0.25, 0.3) is 0 Å². The highest BCUT2D eigenvalue weighted by Gasteiger charge is 2.30. The van der Waals surface area contributed by atoms with Gasteiger partial charge in [0, 0.05) is 25.6 Å². The molecule has 1 aromatic heterocycles. The van der Waals surface area contributed by atoms with E-state index in [4.69, 9.17) is 39.5 Å². The van der Waals surface area contributed by atoms with Crippen LogP contribution in [0.25, 0.3) is 5.57 Å². The number of carbonyl (C=O) groups excluding carboxylic acids is 2. The topological polar surface area (TPSA) is 64.4 Å². The zero-order valence-electron chi connectivity index (χ0n) is 17.0. The first-order valence-electron chi connectivity index (χ1n) is 10.1. The van der Waals surface area contributed by atoms with Gasteiger partial charge in [-0.25, -0.2) is 9.48 Å². The minimum absolute atomic E-state index is 0.119. The van der Waals surface area contributed by atoms with Crippen LogP contribution >= 0.6 is 34.8 Å². The maximum absolute atomic E-state index is 12.3. The first-order chi connectivity index (χ1) is 14.7. The van der Waals surface area contributed by atoms with Gasteiger partial charge in [0.05, 0.1) is 11.9 Å². The SMILES string of the molecule is CC(=O)n1ncc2c1C(=C1CCN(C(=O)OCC(Cl)(Cl)Cl)CC1)c1ccccc1CC2. The maximum Gasteiger partial charge on any atom is 0.409 e. The van der Waals surface area contributed by atoms with E-state index in [1.54, 1.807) is 11.1 Å². The zero-order chi connectivity index (χ0) is 22.2. The summed E-state index contributed by atoms with van der Waals surface area (Å²) >= 11 is 17.0. The molecule has 0 atom stereocenters. The molecule has 0 bridgehead atoms. The molecule has 1 saturated heterocycles. The van der Waals surface area contributed by atoms with Crippen molar-refractivity contribution in [3.05, 3.63) is 58.4 Å². The molecular weight excluding hydrogens is 461 g/mol. The number of hydrogen-bond donors (Lipinski definition) is 0. The molecule has 0 radical (unpaired) electrons. The van der Waals surface area contributed by atoms with E-state index in [0.29, 0.717) is 25.9 Å². The van der Waals surface area contributed by atoms with Gasteiger partial charge in [-0.15, -0.1) is 0 Å². The number of alkyl halides is 3. The smallest absolute Gasteiger partial charge is 0.409 e. The highest BCUT2D eigenvalue weighted by Crippen LogP contribution is 2.38. The summed E-state index contributed by atoms with van der Waals surface area (Å²) in [6.07, 6.45) is 4.34. The second kappa shape index (κ2) is 8.85. The molecule has 2 aliphatic rings. The van der Waals surface area contributed by atoms with Crippen LogP contribution < -0.4 is 0 Å². The normalized spacial score (nSPS) is 16.5. The van der Waals surface area contributed by atoms with Crippen LogP contribution in [0.5, 0.6) is 0 Å². The van der Waals surface area contributed by atoms with Gasteiger partial charge in [0.2, 0.25) is 9.70 Å². The van der Waals surface area contributed by atoms with Gasteiger partial charge in [-0.3, -0.25) is 4.79 Å². The van der Waals surface area contributed by atoms with E-state index < -0.39 is 9.89 Å². The van der Waals surface area contributed by atoms with Crippen molar-refractivity contribution in [2.45, 2.75) is 36.4 Å². The summed E-state index contributed by atoms with van der Waals surface area (Å²) in [5.41, 5.74) is 6.58. The monoisotopic (exact) mass is 481 g/mol. The van der Waals surface area contributed by atoms with Crippen LogP contribution in [0.2, 0.25) is 0 Å². The molecule has 1 fully saturated rings. The van der Waals surface area contributed by atoms with E-state index in [-0.39, 0.29) is 12.5 Å². The van der Waals surface area contributed by atoms with Crippen molar-refractivity contribution in [1.82, 2.24) is 14.7 Å². The molecule has 164 valence electrons. The van der Waals surface area contributed by atoms with E-state index in [1.165, 1.54) is 22.7 Å². The lowest BCUT2D eigenvalue weighted by molar-refractivity contribution is 0.0920. The van der Waals surface area contributed by atoms with Gasteiger partial charge in [0.15, 0.2) is 0 Å². The number of aryl methyl sites for hydroxylation is 2. The summed E-state index contributed by atoms with van der Waals surface area (Å²) in [6, 6.07) is 8.29. The number of aromatic nitrogens is 2. The van der Waals surface area contributed by atoms with Crippen molar-refractivity contribution in [3.63, 3.8) is 0 Å². The van der Waals surface area contributed by atoms with Gasteiger partial charge in [-0.1, -0.05) is 64.6 Å². The van der Waals surface area contributed by atoms with Crippen LogP contribution in [0.15, 0.2) is 36.0 Å². The van der Waals surface area contributed by atoms with E-state index in [9.17, 15) is 9.59 Å². The van der Waals surface area contributed by atoms with E-state index in [2.05, 4.69) is 17.2 Å². The second-order valence-corrected chi connectivity index (χ2v) is 10.3. The van der Waals surface area contributed by atoms with E-state index in [0.717, 1.165) is 35.2 Å². The molecule has 31 heavy (non-hydrogen) atoms. The Bertz CT molecular complexity index is 1050. The maximum atomic E-state index is 12.3. The molecule has 1 aliphatic heterocycles. The summed E-state index contributed by atoms with van der Waals surface area (Å²) in [4.78, 5) is 26.3. The number of ether oxygens (including phenoxy) is 1. The molecule has 0 spiro atoms. The molecule has 0 unspecified atom stereocenters. The average molecular weight is 483 g/mol. The third-order valence-electron chi connectivity index (χ3n) is 5.67. The summed E-state index contributed by atoms with van der Waals surface area (Å²) < 4.78 is 4.98. The fraction of sp³-hybridized carbons (Fsp3) is 0.409. The quantitative estimate of drug-likeness (QED) is 0.534. The number of amides is 1. The van der Waals surface area contributed by atoms with Gasteiger partial charge in [-0.05, 0) is 42.4 Å². The number of likely N-dealkylation sites (tertiary alicyclic amines) is 1. The number of benzene rings is 1. The number of piperidine rings is 1. The van der Waals surface area contributed by atoms with Crippen molar-refractivity contribution < 1.29 is 14.3 Å². The zero-order valence-corrected chi connectivity index (χ0v) is 19.3. The average Bonchev–Trinajstić information content (AvgIpc) is 3.08. The van der Waals surface area contributed by atoms with E-state index in [1.807, 2.05) is 12.1 Å². The highest BCUT2D eigenvalue weighted by molar-refractivity contribution is 6.67. The molecule has 2 aromatic rings. The lowest BCUT2D eigenvalue weighted by atomic mass is 9.89. The van der Waals surface area contributed by atoms with Crippen molar-refractivity contribution >= 4 is 52.4 Å². The first-order valence-corrected chi connectivity index (χ1v) is 11.2. The Morgan fingerprint density at radius 2 is 1.74 bits per heavy atom. The number of fused-ring (bicyclic) bond motifs is 2. The van der Waals surface area contributed by atoms with Gasteiger partial charge < -0.3 is 9.64 Å². The van der Waals surface area contributed by atoms with Crippen LogP contribution in [0.3, 0.4) is 0 Å². The van der Waals surface area contributed by atoms with Gasteiger partial charge in [-0.2, -0.15) is 5.10 Å². The Morgan fingerprint density at radius 1 is 1.06 bits per heavy atom. The number of hydrogen-bond acceptors (Lipinski definition) is 4. The van der Waals surface area contributed by atoms with Crippen LogP contribution in [0.4, 0.5) is 4.79 Å². The Morgan fingerprint density at radius 3 is 2.42 bits per heavy atom. The van der Waals surface area contributed by atoms with Gasteiger partial charge >= 0.3 is 6.09 Å². The lowest BCUT2D eigenvalue weighted by Gasteiger charge is -2.30. The minimum Gasteiger partial charge on any atom is -0.445 e. The number of rotatable bonds is 1. The predicted octanol–water partition coefficient (Wildman–Crippen LogP) is 5.05. The predicted molar refractivity (Wildman–Crippen MR) is 121 cm³/mol. The third-order valence-corrected chi connectivity index (χ3v) is 6.00. The Balaban J connectivity index is 1.67. The molecule has 4 rings (SSSR count). The Hall–Kier alpha value is -2.02. The highest BCUT2D eigenvalue weighted by atomic mass is 35.6. The third kappa shape index (κ3) is 4.76. The Kier molecular flexibility index (Phi) is 6.33. The number of nitrogens with zero attached hydrogens (tertiary/aromatic N) is 3. The van der Waals surface area contributed by atoms with Crippen LogP contribution in [0.1, 0.15) is 46.9 Å². The summed E-state index contributed by atoms with van der Waals surface area (Å²) in [6.45, 7) is 2.21. The molecule has 1 amide bonds. The minimum atomic E-state index is -1.63. The van der Waals surface area contributed by atoms with E-state index >= 15 is 0 Å². The lowest BCUT2D eigenvalue weighted by Crippen LogP contribution is -2.38. The van der Waals surface area contributed by atoms with Crippen molar-refractivity contribution in [1.29, 1.82) is 0 Å². The van der Waals surface area contributed by atoms with Crippen LogP contribution in [-0.2, 0) is 17.6 Å². The molecule has 6 nitrogen and oxygen atoms in total. The standard InChI is InChI=1S/C22H22Cl3N3O3/c1-14(29)28-20-17(12-26-28)7-6-15-4-2-3-5-18(15)19(20)16-8-10-27(11-9-16)21(30)31-13-22(23,24)25/h2-5,12H,6-11,13H2,1H3. The second-order valence-electron chi connectivity index (χ2n) is 7.74. The molecule has 0 N–H and O–H groups in total. The Labute approximate surface area is 195 Å². The molecule has 0 saturated carbocycles. The molecule has 2 heterocycles. The summed E-state index contributed by atoms with van der Waals surface area (Å²) in [5, 5.41) is 4.36. The molecule has 1 aliphatic carbocycles. The number of carbonyl (C=O) groups is 2. The van der Waals surface area contributed by atoms with Crippen molar-refractivity contribution in [2.75, 3.05) is 19.7 Å². The summed E-state index contributed by atoms with van der Waals surface area (Å²) in [7, 11) is 0. The molecule has 1 aromatic carbocycles. The van der Waals surface area contributed by atoms with Gasteiger partial charge in [0.1, 0.15) is 6.61 Å².